The number of halogens is 2. The van der Waals surface area contributed by atoms with Gasteiger partial charge in [-0.05, 0) is 31.0 Å². The Morgan fingerprint density at radius 2 is 2.12 bits per heavy atom. The van der Waals surface area contributed by atoms with Crippen molar-refractivity contribution in [2.24, 2.45) is 5.92 Å². The first-order valence-electron chi connectivity index (χ1n) is 5.70. The molecule has 0 aliphatic rings. The van der Waals surface area contributed by atoms with Gasteiger partial charge in [0.15, 0.2) is 0 Å². The highest BCUT2D eigenvalue weighted by molar-refractivity contribution is 9.09. The van der Waals surface area contributed by atoms with Crippen molar-refractivity contribution < 1.29 is 4.74 Å². The van der Waals surface area contributed by atoms with Gasteiger partial charge < -0.3 is 10.1 Å². The van der Waals surface area contributed by atoms with Crippen LogP contribution < -0.4 is 10.1 Å². The third-order valence-corrected chi connectivity index (χ3v) is 4.21. The van der Waals surface area contributed by atoms with E-state index in [2.05, 4.69) is 35.1 Å². The molecule has 0 aliphatic heterocycles. The monoisotopic (exact) mass is 319 g/mol. The van der Waals surface area contributed by atoms with E-state index in [0.29, 0.717) is 12.0 Å². The molecule has 0 radical (unpaired) electrons. The van der Waals surface area contributed by atoms with Crippen molar-refractivity contribution in [2.45, 2.75) is 26.4 Å². The van der Waals surface area contributed by atoms with E-state index in [-0.39, 0.29) is 0 Å². The molecule has 2 atom stereocenters. The number of ether oxygens (including phenoxy) is 1. The van der Waals surface area contributed by atoms with Crippen LogP contribution in [0.1, 0.15) is 19.4 Å². The van der Waals surface area contributed by atoms with Crippen LogP contribution in [0, 0.1) is 5.92 Å². The number of hydrogen-bond donors (Lipinski definition) is 1. The normalized spacial score (nSPS) is 14.4. The summed E-state index contributed by atoms with van der Waals surface area (Å²) in [5.41, 5.74) is 1.09. The maximum Gasteiger partial charge on any atom is 0.123 e. The Morgan fingerprint density at radius 1 is 1.41 bits per heavy atom. The smallest absolute Gasteiger partial charge is 0.123 e. The van der Waals surface area contributed by atoms with Gasteiger partial charge in [-0.1, -0.05) is 34.5 Å². The zero-order valence-corrected chi connectivity index (χ0v) is 12.8. The van der Waals surface area contributed by atoms with Crippen molar-refractivity contribution in [1.82, 2.24) is 5.32 Å². The first kappa shape index (κ1) is 14.8. The molecule has 0 heterocycles. The average Bonchev–Trinajstić information content (AvgIpc) is 2.35. The number of methoxy groups -OCH3 is 1. The summed E-state index contributed by atoms with van der Waals surface area (Å²) in [5.74, 6) is 1.46. The van der Waals surface area contributed by atoms with Gasteiger partial charge in [0.25, 0.3) is 0 Å². The third kappa shape index (κ3) is 4.49. The highest BCUT2D eigenvalue weighted by Gasteiger charge is 2.11. The molecule has 0 saturated carbocycles. The molecular weight excluding hydrogens is 302 g/mol. The lowest BCUT2D eigenvalue weighted by molar-refractivity contribution is 0.397. The van der Waals surface area contributed by atoms with E-state index in [1.807, 2.05) is 18.2 Å². The van der Waals surface area contributed by atoms with Gasteiger partial charge in [-0.2, -0.15) is 0 Å². The topological polar surface area (TPSA) is 21.3 Å². The van der Waals surface area contributed by atoms with Crippen LogP contribution in [0.5, 0.6) is 5.75 Å². The van der Waals surface area contributed by atoms with Crippen LogP contribution >= 0.6 is 27.5 Å². The van der Waals surface area contributed by atoms with Crippen molar-refractivity contribution in [1.29, 1.82) is 0 Å². The van der Waals surface area contributed by atoms with Crippen LogP contribution in [0.4, 0.5) is 0 Å². The molecule has 4 heteroatoms. The van der Waals surface area contributed by atoms with Gasteiger partial charge in [0, 0.05) is 28.5 Å². The molecule has 17 heavy (non-hydrogen) atoms. The third-order valence-electron chi connectivity index (χ3n) is 2.95. The molecule has 2 unspecified atom stereocenters. The molecule has 1 aromatic rings. The lowest BCUT2D eigenvalue weighted by atomic mass is 10.1. The minimum Gasteiger partial charge on any atom is -0.496 e. The Kier molecular flexibility index (Phi) is 6.31. The summed E-state index contributed by atoms with van der Waals surface area (Å²) in [7, 11) is 1.68. The molecule has 0 amide bonds. The molecule has 0 saturated heterocycles. The molecule has 2 nitrogen and oxygen atoms in total. The second-order valence-corrected chi connectivity index (χ2v) is 5.34. The Hall–Kier alpha value is -0.250. The minimum absolute atomic E-state index is 0.443. The van der Waals surface area contributed by atoms with E-state index in [9.17, 15) is 0 Å². The molecule has 0 spiro atoms. The molecule has 0 bridgehead atoms. The van der Waals surface area contributed by atoms with Crippen LogP contribution in [-0.4, -0.2) is 18.5 Å². The number of benzene rings is 1. The highest BCUT2D eigenvalue weighted by atomic mass is 79.9. The predicted octanol–water partition coefficient (Wildman–Crippen LogP) is 3.86. The lowest BCUT2D eigenvalue weighted by Crippen LogP contribution is -2.32. The summed E-state index contributed by atoms with van der Waals surface area (Å²) in [6, 6.07) is 6.13. The predicted molar refractivity (Wildman–Crippen MR) is 77.3 cm³/mol. The standard InChI is InChI=1S/C13H19BrClNO/c1-9(7-14)10(2)16-8-11-6-12(15)4-5-13(11)17-3/h4-6,9-10,16H,7-8H2,1-3H3. The Morgan fingerprint density at radius 3 is 2.71 bits per heavy atom. The maximum absolute atomic E-state index is 5.99. The van der Waals surface area contributed by atoms with E-state index in [1.54, 1.807) is 7.11 Å². The van der Waals surface area contributed by atoms with Gasteiger partial charge in [-0.15, -0.1) is 0 Å². The molecular formula is C13H19BrClNO. The number of alkyl halides is 1. The van der Waals surface area contributed by atoms with Crippen LogP contribution in [0.15, 0.2) is 18.2 Å². The van der Waals surface area contributed by atoms with Crippen molar-refractivity contribution in [3.8, 4) is 5.75 Å². The molecule has 0 aliphatic carbocycles. The van der Waals surface area contributed by atoms with Gasteiger partial charge in [0.2, 0.25) is 0 Å². The summed E-state index contributed by atoms with van der Waals surface area (Å²) in [4.78, 5) is 0. The summed E-state index contributed by atoms with van der Waals surface area (Å²) >= 11 is 9.48. The van der Waals surface area contributed by atoms with Crippen LogP contribution in [-0.2, 0) is 6.54 Å². The fourth-order valence-electron chi connectivity index (χ4n) is 1.49. The summed E-state index contributed by atoms with van der Waals surface area (Å²) in [6.07, 6.45) is 0. The minimum atomic E-state index is 0.443. The van der Waals surface area contributed by atoms with E-state index in [4.69, 9.17) is 16.3 Å². The maximum atomic E-state index is 5.99. The fourth-order valence-corrected chi connectivity index (χ4v) is 2.25. The van der Waals surface area contributed by atoms with Gasteiger partial charge in [0.05, 0.1) is 7.11 Å². The van der Waals surface area contributed by atoms with E-state index in [0.717, 1.165) is 28.2 Å². The number of hydrogen-bond acceptors (Lipinski definition) is 2. The first-order chi connectivity index (χ1) is 8.08. The van der Waals surface area contributed by atoms with Gasteiger partial charge in [0.1, 0.15) is 5.75 Å². The Balaban J connectivity index is 2.65. The Labute approximate surface area is 117 Å². The van der Waals surface area contributed by atoms with E-state index >= 15 is 0 Å². The van der Waals surface area contributed by atoms with E-state index in [1.165, 1.54) is 0 Å². The quantitative estimate of drug-likeness (QED) is 0.804. The number of rotatable bonds is 6. The SMILES string of the molecule is COc1ccc(Cl)cc1CNC(C)C(C)CBr. The molecule has 96 valence electrons. The first-order valence-corrected chi connectivity index (χ1v) is 7.20. The molecule has 1 aromatic carbocycles. The summed E-state index contributed by atoms with van der Waals surface area (Å²) in [6.45, 7) is 5.16. The van der Waals surface area contributed by atoms with Crippen LogP contribution in [0.3, 0.4) is 0 Å². The van der Waals surface area contributed by atoms with Crippen molar-refractivity contribution >= 4 is 27.5 Å². The molecule has 1 N–H and O–H groups in total. The van der Waals surface area contributed by atoms with Crippen molar-refractivity contribution in [3.05, 3.63) is 28.8 Å². The van der Waals surface area contributed by atoms with Gasteiger partial charge in [-0.25, -0.2) is 0 Å². The zero-order valence-electron chi connectivity index (χ0n) is 10.5. The highest BCUT2D eigenvalue weighted by Crippen LogP contribution is 2.22. The van der Waals surface area contributed by atoms with Crippen LogP contribution in [0.25, 0.3) is 0 Å². The second-order valence-electron chi connectivity index (χ2n) is 4.26. The second kappa shape index (κ2) is 7.24. The van der Waals surface area contributed by atoms with Gasteiger partial charge >= 0.3 is 0 Å². The average molecular weight is 321 g/mol. The molecule has 0 fully saturated rings. The van der Waals surface area contributed by atoms with Crippen molar-refractivity contribution in [2.75, 3.05) is 12.4 Å². The van der Waals surface area contributed by atoms with Crippen molar-refractivity contribution in [3.63, 3.8) is 0 Å². The fraction of sp³-hybridized carbons (Fsp3) is 0.538. The summed E-state index contributed by atoms with van der Waals surface area (Å²) in [5, 5.41) is 5.22. The zero-order chi connectivity index (χ0) is 12.8. The van der Waals surface area contributed by atoms with Crippen LogP contribution in [0.2, 0.25) is 5.02 Å². The van der Waals surface area contributed by atoms with E-state index < -0.39 is 0 Å². The Bertz CT molecular complexity index is 359. The van der Waals surface area contributed by atoms with Gasteiger partial charge in [-0.3, -0.25) is 0 Å². The molecule has 1 rings (SSSR count). The molecule has 0 aromatic heterocycles. The largest absolute Gasteiger partial charge is 0.496 e. The summed E-state index contributed by atoms with van der Waals surface area (Å²) < 4.78 is 5.31. The lowest BCUT2D eigenvalue weighted by Gasteiger charge is -2.20. The number of nitrogens with one attached hydrogen (secondary N) is 1.